The van der Waals surface area contributed by atoms with Crippen LogP contribution in [0.3, 0.4) is 0 Å². The minimum absolute atomic E-state index is 0.135. The van der Waals surface area contributed by atoms with E-state index in [-0.39, 0.29) is 9.94 Å². The summed E-state index contributed by atoms with van der Waals surface area (Å²) in [4.78, 5) is 18.0. The number of halogens is 2. The molecular weight excluding hydrogens is 351 g/mol. The van der Waals surface area contributed by atoms with Gasteiger partial charge < -0.3 is 4.90 Å². The quantitative estimate of drug-likeness (QED) is 0.839. The van der Waals surface area contributed by atoms with Gasteiger partial charge in [-0.15, -0.1) is 11.3 Å². The molecule has 1 spiro atoms. The van der Waals surface area contributed by atoms with Gasteiger partial charge in [0.2, 0.25) is 0 Å². The van der Waals surface area contributed by atoms with Crippen molar-refractivity contribution in [3.05, 3.63) is 22.3 Å². The van der Waals surface area contributed by atoms with Gasteiger partial charge in [0.15, 0.2) is 11.6 Å². The van der Waals surface area contributed by atoms with E-state index in [1.807, 2.05) is 0 Å². The van der Waals surface area contributed by atoms with E-state index in [0.29, 0.717) is 22.0 Å². The van der Waals surface area contributed by atoms with E-state index >= 15 is 0 Å². The van der Waals surface area contributed by atoms with Crippen molar-refractivity contribution in [1.82, 2.24) is 15.4 Å². The molecule has 6 heterocycles. The number of hydrogen-bond donors (Lipinski definition) is 1. The second-order valence-electron chi connectivity index (χ2n) is 6.77. The van der Waals surface area contributed by atoms with Crippen LogP contribution >= 0.6 is 22.9 Å². The molecule has 4 fully saturated rings. The molecule has 2 aromatic rings. The van der Waals surface area contributed by atoms with Crippen molar-refractivity contribution < 1.29 is 9.23 Å². The molecule has 0 saturated carbocycles. The zero-order valence-corrected chi connectivity index (χ0v) is 14.5. The lowest BCUT2D eigenvalue weighted by atomic mass is 9.74. The van der Waals surface area contributed by atoms with Gasteiger partial charge in [0.05, 0.1) is 0 Å². The third-order valence-electron chi connectivity index (χ3n) is 5.35. The molecule has 4 aliphatic heterocycles. The maximum atomic E-state index is 13.8. The van der Waals surface area contributed by atoms with Crippen molar-refractivity contribution in [1.29, 1.82) is 0 Å². The van der Waals surface area contributed by atoms with Crippen LogP contribution in [0.25, 0.3) is 10.2 Å². The monoisotopic (exact) mass is 366 g/mol. The van der Waals surface area contributed by atoms with E-state index in [1.165, 1.54) is 25.9 Å². The fourth-order valence-electron chi connectivity index (χ4n) is 4.13. The number of amidine groups is 1. The van der Waals surface area contributed by atoms with Crippen LogP contribution in [0, 0.1) is 11.7 Å². The number of pyridine rings is 1. The summed E-state index contributed by atoms with van der Waals surface area (Å²) in [7, 11) is 0. The van der Waals surface area contributed by atoms with Crippen molar-refractivity contribution in [2.24, 2.45) is 10.9 Å². The second kappa shape index (κ2) is 5.36. The number of nitrogens with one attached hydrogen (secondary N) is 1. The highest BCUT2D eigenvalue weighted by atomic mass is 35.5. The Bertz CT molecular complexity index is 848. The van der Waals surface area contributed by atoms with Gasteiger partial charge in [-0.05, 0) is 44.0 Å². The Labute approximate surface area is 147 Å². The van der Waals surface area contributed by atoms with Crippen LogP contribution in [0.5, 0.6) is 0 Å². The zero-order chi connectivity index (χ0) is 16.3. The van der Waals surface area contributed by atoms with Gasteiger partial charge in [0.25, 0.3) is 0 Å². The summed E-state index contributed by atoms with van der Waals surface area (Å²) < 4.78 is 13.9. The van der Waals surface area contributed by atoms with Gasteiger partial charge in [-0.25, -0.2) is 14.4 Å². The normalized spacial score (nSPS) is 33.7. The lowest BCUT2D eigenvalue weighted by Gasteiger charge is -2.49. The van der Waals surface area contributed by atoms with Crippen molar-refractivity contribution in [2.45, 2.75) is 24.9 Å². The Balaban J connectivity index is 1.43. The summed E-state index contributed by atoms with van der Waals surface area (Å²) >= 11 is 6.97. The largest absolute Gasteiger partial charge is 0.300 e. The number of aliphatic imine (C=N–C) groups is 1. The van der Waals surface area contributed by atoms with E-state index in [0.717, 1.165) is 30.1 Å². The van der Waals surface area contributed by atoms with E-state index < -0.39 is 5.82 Å². The molecule has 1 unspecified atom stereocenters. The van der Waals surface area contributed by atoms with Gasteiger partial charge in [-0.3, -0.25) is 10.3 Å². The Kier molecular flexibility index (Phi) is 3.35. The fourth-order valence-corrected chi connectivity index (χ4v) is 5.23. The number of hydrogen-bond acceptors (Lipinski definition) is 5. The second-order valence-corrected chi connectivity index (χ2v) is 8.37. The van der Waals surface area contributed by atoms with Crippen molar-refractivity contribution >= 4 is 44.8 Å². The van der Waals surface area contributed by atoms with Crippen LogP contribution in [-0.2, 0) is 4.84 Å². The van der Waals surface area contributed by atoms with Gasteiger partial charge >= 0.3 is 0 Å². The van der Waals surface area contributed by atoms with E-state index in [2.05, 4.69) is 20.4 Å². The SMILES string of the molecule is Fc1c(Cl)sc2nc(N=C3CC4(CN5CCC4CC5)ON3)ccc12. The molecule has 0 radical (unpaired) electrons. The molecule has 2 bridgehead atoms. The number of thiophene rings is 1. The summed E-state index contributed by atoms with van der Waals surface area (Å²) in [5.41, 5.74) is 2.85. The Hall–Kier alpha value is -1.28. The van der Waals surface area contributed by atoms with E-state index in [1.54, 1.807) is 12.1 Å². The first-order valence-electron chi connectivity index (χ1n) is 8.11. The summed E-state index contributed by atoms with van der Waals surface area (Å²) in [6.07, 6.45) is 3.14. The highest BCUT2D eigenvalue weighted by Gasteiger charge is 2.52. The number of aromatic nitrogens is 1. The first-order chi connectivity index (χ1) is 11.6. The molecule has 8 heteroatoms. The van der Waals surface area contributed by atoms with Crippen LogP contribution < -0.4 is 5.48 Å². The van der Waals surface area contributed by atoms with Gasteiger partial charge in [0.1, 0.15) is 20.6 Å². The number of piperidine rings is 3. The molecule has 0 aliphatic carbocycles. The smallest absolute Gasteiger partial charge is 0.162 e. The lowest BCUT2D eigenvalue weighted by molar-refractivity contribution is -0.150. The highest BCUT2D eigenvalue weighted by molar-refractivity contribution is 7.22. The first kappa shape index (κ1) is 15.0. The Morgan fingerprint density at radius 1 is 1.42 bits per heavy atom. The highest BCUT2D eigenvalue weighted by Crippen LogP contribution is 2.42. The number of fused-ring (bicyclic) bond motifs is 3. The molecule has 126 valence electrons. The van der Waals surface area contributed by atoms with E-state index in [9.17, 15) is 4.39 Å². The minimum Gasteiger partial charge on any atom is -0.300 e. The predicted molar refractivity (Wildman–Crippen MR) is 92.4 cm³/mol. The van der Waals surface area contributed by atoms with Gasteiger partial charge in [-0.2, -0.15) is 0 Å². The van der Waals surface area contributed by atoms with Crippen molar-refractivity contribution in [2.75, 3.05) is 19.6 Å². The summed E-state index contributed by atoms with van der Waals surface area (Å²) in [5, 5.41) is 0.443. The van der Waals surface area contributed by atoms with Crippen molar-refractivity contribution in [3.8, 4) is 0 Å². The van der Waals surface area contributed by atoms with Gasteiger partial charge in [-0.1, -0.05) is 11.6 Å². The Morgan fingerprint density at radius 3 is 3.00 bits per heavy atom. The third-order valence-corrected chi connectivity index (χ3v) is 6.61. The van der Waals surface area contributed by atoms with Crippen LogP contribution in [0.2, 0.25) is 4.34 Å². The number of rotatable bonds is 1. The molecule has 0 aromatic carbocycles. The summed E-state index contributed by atoms with van der Waals surface area (Å²) in [6.45, 7) is 3.30. The molecule has 4 aliphatic rings. The molecule has 1 atom stereocenters. The third kappa shape index (κ3) is 2.26. The van der Waals surface area contributed by atoms with Crippen molar-refractivity contribution in [3.63, 3.8) is 0 Å². The number of nitrogens with zero attached hydrogens (tertiary/aromatic N) is 3. The maximum Gasteiger partial charge on any atom is 0.162 e. The fraction of sp³-hybridized carbons (Fsp3) is 0.500. The van der Waals surface area contributed by atoms with Gasteiger partial charge in [0, 0.05) is 18.4 Å². The molecule has 6 rings (SSSR count). The minimum atomic E-state index is -0.406. The number of hydroxylamine groups is 1. The van der Waals surface area contributed by atoms with Crippen LogP contribution in [0.1, 0.15) is 19.3 Å². The molecule has 5 nitrogen and oxygen atoms in total. The molecule has 1 N–H and O–H groups in total. The van der Waals surface area contributed by atoms with Crippen LogP contribution in [0.15, 0.2) is 17.1 Å². The topological polar surface area (TPSA) is 49.8 Å². The summed E-state index contributed by atoms with van der Waals surface area (Å²) in [5.74, 6) is 1.52. The van der Waals surface area contributed by atoms with Crippen LogP contribution in [-0.4, -0.2) is 41.0 Å². The standard InChI is InChI=1S/C16H16ClFN4OS/c17-14-13(18)10-1-2-11(20-15(10)24-14)19-12-7-16(23-21-12)8-22-5-3-9(16)4-6-22/h1-2,9H,3-8H2,(H,19,20,21). The molecule has 0 amide bonds. The predicted octanol–water partition coefficient (Wildman–Crippen LogP) is 3.51. The average molecular weight is 367 g/mol. The molecular formula is C16H16ClFN4OS. The maximum absolute atomic E-state index is 13.8. The Morgan fingerprint density at radius 2 is 2.25 bits per heavy atom. The van der Waals surface area contributed by atoms with Crippen LogP contribution in [0.4, 0.5) is 10.2 Å². The molecule has 4 saturated heterocycles. The summed E-state index contributed by atoms with van der Waals surface area (Å²) in [6, 6.07) is 3.39. The van der Waals surface area contributed by atoms with E-state index in [4.69, 9.17) is 16.4 Å². The zero-order valence-electron chi connectivity index (χ0n) is 12.9. The first-order valence-corrected chi connectivity index (χ1v) is 9.31. The lowest BCUT2D eigenvalue weighted by Crippen LogP contribution is -2.59. The molecule has 24 heavy (non-hydrogen) atoms. The average Bonchev–Trinajstić information content (AvgIpc) is 3.10. The molecule has 2 aromatic heterocycles.